The molecule has 1 saturated carbocycles. The minimum Gasteiger partial charge on any atom is -0.364 e. The van der Waals surface area contributed by atoms with Crippen LogP contribution in [0.25, 0.3) is 10.9 Å². The maximum atomic E-state index is 14.4. The van der Waals surface area contributed by atoms with E-state index >= 15 is 0 Å². The van der Waals surface area contributed by atoms with Crippen molar-refractivity contribution in [2.45, 2.75) is 84.5 Å². The SMILES string of the molecule is CCc1cc2c(C(N)=O)nn(CC(=O)N3C[C@H](F)C[C@H]3C(=O)C[C@@H]3CCCC(C)(C)C3)c2cn1. The second-order valence-corrected chi connectivity index (χ2v) is 10.6. The summed E-state index contributed by atoms with van der Waals surface area (Å²) < 4.78 is 15.8. The van der Waals surface area contributed by atoms with Gasteiger partial charge in [0.25, 0.3) is 5.91 Å². The summed E-state index contributed by atoms with van der Waals surface area (Å²) >= 11 is 0. The van der Waals surface area contributed by atoms with Crippen LogP contribution in [0.4, 0.5) is 4.39 Å². The Balaban J connectivity index is 1.52. The van der Waals surface area contributed by atoms with Crippen LogP contribution in [-0.2, 0) is 22.6 Å². The maximum Gasteiger partial charge on any atom is 0.269 e. The number of halogens is 1. The number of nitrogens with zero attached hydrogens (tertiary/aromatic N) is 4. The number of pyridine rings is 1. The van der Waals surface area contributed by atoms with Gasteiger partial charge in [-0.25, -0.2) is 4.39 Å². The normalized spacial score (nSPS) is 24.5. The third-order valence-electron chi connectivity index (χ3n) is 7.31. The molecule has 0 aromatic carbocycles. The molecule has 8 nitrogen and oxygen atoms in total. The molecule has 1 aliphatic carbocycles. The van der Waals surface area contributed by atoms with Crippen molar-refractivity contribution in [1.82, 2.24) is 19.7 Å². The summed E-state index contributed by atoms with van der Waals surface area (Å²) in [6.07, 6.45) is 5.63. The summed E-state index contributed by atoms with van der Waals surface area (Å²) in [7, 11) is 0. The predicted molar refractivity (Wildman–Crippen MR) is 126 cm³/mol. The van der Waals surface area contributed by atoms with Crippen molar-refractivity contribution in [3.63, 3.8) is 0 Å². The number of amides is 2. The third kappa shape index (κ3) is 4.98. The first-order valence-electron chi connectivity index (χ1n) is 12.2. The molecule has 0 bridgehead atoms. The zero-order chi connectivity index (χ0) is 24.6. The second kappa shape index (κ2) is 9.43. The number of likely N-dealkylation sites (tertiary alicyclic amines) is 1. The minimum absolute atomic E-state index is 0.0362. The lowest BCUT2D eigenvalue weighted by atomic mass is 9.70. The van der Waals surface area contributed by atoms with E-state index in [9.17, 15) is 18.8 Å². The molecule has 0 radical (unpaired) electrons. The van der Waals surface area contributed by atoms with Gasteiger partial charge in [0.1, 0.15) is 12.7 Å². The Morgan fingerprint density at radius 1 is 1.29 bits per heavy atom. The molecule has 2 amide bonds. The molecule has 2 aromatic rings. The second-order valence-electron chi connectivity index (χ2n) is 10.6. The van der Waals surface area contributed by atoms with E-state index in [1.165, 1.54) is 9.58 Å². The molecule has 3 atom stereocenters. The number of nitrogens with two attached hydrogens (primary N) is 1. The fraction of sp³-hybridized carbons (Fsp3) is 0.640. The van der Waals surface area contributed by atoms with E-state index < -0.39 is 24.0 Å². The van der Waals surface area contributed by atoms with Gasteiger partial charge >= 0.3 is 0 Å². The van der Waals surface area contributed by atoms with E-state index in [2.05, 4.69) is 23.9 Å². The van der Waals surface area contributed by atoms with Crippen LogP contribution in [-0.4, -0.2) is 56.0 Å². The zero-order valence-corrected chi connectivity index (χ0v) is 20.2. The van der Waals surface area contributed by atoms with Crippen LogP contribution in [0.1, 0.15) is 75.5 Å². The lowest BCUT2D eigenvalue weighted by Gasteiger charge is -2.35. The summed E-state index contributed by atoms with van der Waals surface area (Å²) in [6.45, 7) is 6.06. The van der Waals surface area contributed by atoms with Crippen molar-refractivity contribution < 1.29 is 18.8 Å². The quantitative estimate of drug-likeness (QED) is 0.667. The van der Waals surface area contributed by atoms with E-state index in [1.54, 1.807) is 12.3 Å². The zero-order valence-electron chi connectivity index (χ0n) is 20.2. The molecule has 2 fully saturated rings. The van der Waals surface area contributed by atoms with Crippen LogP contribution in [0.5, 0.6) is 0 Å². The van der Waals surface area contributed by atoms with Crippen molar-refractivity contribution in [3.8, 4) is 0 Å². The molecule has 1 aliphatic heterocycles. The summed E-state index contributed by atoms with van der Waals surface area (Å²) in [5.41, 5.74) is 7.06. The number of hydrogen-bond donors (Lipinski definition) is 1. The van der Waals surface area contributed by atoms with E-state index in [0.717, 1.165) is 31.4 Å². The van der Waals surface area contributed by atoms with Gasteiger partial charge in [-0.2, -0.15) is 5.10 Å². The van der Waals surface area contributed by atoms with Crippen LogP contribution in [0, 0.1) is 11.3 Å². The molecule has 2 aromatic heterocycles. The fourth-order valence-electron chi connectivity index (χ4n) is 5.65. The first kappa shape index (κ1) is 24.3. The molecule has 0 unspecified atom stereocenters. The number of fused-ring (bicyclic) bond motifs is 1. The molecule has 0 spiro atoms. The van der Waals surface area contributed by atoms with Gasteiger partial charge < -0.3 is 10.6 Å². The van der Waals surface area contributed by atoms with Crippen LogP contribution in [0.15, 0.2) is 12.3 Å². The Bertz CT molecular complexity index is 1110. The van der Waals surface area contributed by atoms with Gasteiger partial charge in [-0.15, -0.1) is 0 Å². The summed E-state index contributed by atoms with van der Waals surface area (Å²) in [5.74, 6) is -0.882. The van der Waals surface area contributed by atoms with E-state index in [1.807, 2.05) is 6.92 Å². The van der Waals surface area contributed by atoms with Gasteiger partial charge in [-0.1, -0.05) is 27.2 Å². The van der Waals surface area contributed by atoms with E-state index in [0.29, 0.717) is 23.7 Å². The highest BCUT2D eigenvalue weighted by Crippen LogP contribution is 2.40. The van der Waals surface area contributed by atoms with Gasteiger partial charge in [0.2, 0.25) is 5.91 Å². The molecular weight excluding hydrogens is 437 g/mol. The van der Waals surface area contributed by atoms with Crippen LogP contribution < -0.4 is 5.73 Å². The highest BCUT2D eigenvalue weighted by Gasteiger charge is 2.41. The number of carbonyl (C=O) groups is 3. The highest BCUT2D eigenvalue weighted by atomic mass is 19.1. The van der Waals surface area contributed by atoms with E-state index in [4.69, 9.17) is 5.73 Å². The fourth-order valence-corrected chi connectivity index (χ4v) is 5.65. The van der Waals surface area contributed by atoms with Gasteiger partial charge in [-0.3, -0.25) is 24.0 Å². The molecule has 184 valence electrons. The molecule has 1 saturated heterocycles. The van der Waals surface area contributed by atoms with Gasteiger partial charge in [0.15, 0.2) is 11.5 Å². The van der Waals surface area contributed by atoms with Crippen LogP contribution in [0.2, 0.25) is 0 Å². The molecule has 2 aliphatic rings. The minimum atomic E-state index is -1.23. The molecule has 9 heteroatoms. The van der Waals surface area contributed by atoms with Gasteiger partial charge in [0.05, 0.1) is 24.3 Å². The first-order valence-corrected chi connectivity index (χ1v) is 12.2. The molecule has 3 heterocycles. The number of ketones is 1. The average molecular weight is 472 g/mol. The first-order chi connectivity index (χ1) is 16.1. The Morgan fingerprint density at radius 3 is 2.74 bits per heavy atom. The summed E-state index contributed by atoms with van der Waals surface area (Å²) in [6, 6.07) is 0.990. The Kier molecular flexibility index (Phi) is 6.73. The number of Topliss-reactive ketones (excluding diaryl/α,β-unsaturated/α-hetero) is 1. The van der Waals surface area contributed by atoms with Crippen LogP contribution in [0.3, 0.4) is 0 Å². The van der Waals surface area contributed by atoms with Crippen molar-refractivity contribution >= 4 is 28.5 Å². The Hall–Kier alpha value is -2.84. The summed E-state index contributed by atoms with van der Waals surface area (Å²) in [5, 5.41) is 4.78. The number of aryl methyl sites for hydroxylation is 1. The Morgan fingerprint density at radius 2 is 2.06 bits per heavy atom. The number of alkyl halides is 1. The number of aromatic nitrogens is 3. The molecular formula is C25H34FN5O3. The monoisotopic (exact) mass is 471 g/mol. The number of hydrogen-bond acceptors (Lipinski definition) is 5. The molecule has 2 N–H and O–H groups in total. The lowest BCUT2D eigenvalue weighted by molar-refractivity contribution is -0.138. The van der Waals surface area contributed by atoms with Crippen molar-refractivity contribution in [2.24, 2.45) is 17.1 Å². The summed E-state index contributed by atoms with van der Waals surface area (Å²) in [4.78, 5) is 44.0. The van der Waals surface area contributed by atoms with Crippen molar-refractivity contribution in [1.29, 1.82) is 0 Å². The van der Waals surface area contributed by atoms with Gasteiger partial charge in [-0.05, 0) is 43.1 Å². The largest absolute Gasteiger partial charge is 0.364 e. The highest BCUT2D eigenvalue weighted by molar-refractivity contribution is 6.04. The number of rotatable bonds is 7. The number of carbonyl (C=O) groups excluding carboxylic acids is 3. The van der Waals surface area contributed by atoms with Crippen molar-refractivity contribution in [3.05, 3.63) is 23.7 Å². The number of primary amides is 1. The smallest absolute Gasteiger partial charge is 0.269 e. The topological polar surface area (TPSA) is 111 Å². The predicted octanol–water partition coefficient (Wildman–Crippen LogP) is 3.21. The maximum absolute atomic E-state index is 14.4. The van der Waals surface area contributed by atoms with Crippen molar-refractivity contribution in [2.75, 3.05) is 6.54 Å². The molecule has 34 heavy (non-hydrogen) atoms. The molecule has 4 rings (SSSR count). The third-order valence-corrected chi connectivity index (χ3v) is 7.31. The van der Waals surface area contributed by atoms with Gasteiger partial charge in [0, 0.05) is 23.9 Å². The average Bonchev–Trinajstić information content (AvgIpc) is 3.33. The lowest BCUT2D eigenvalue weighted by Crippen LogP contribution is -2.43. The standard InChI is InChI=1S/C25H34FN5O3/c1-4-17-10-18-20(12-28-17)31(29-23(18)24(27)34)14-22(33)30-13-16(26)9-19(30)21(32)8-15-6-5-7-25(2,3)11-15/h10,12,15-16,19H,4-9,11,13-14H2,1-3H3,(H2,27,34)/t15-,16+,19-/m0/s1. The van der Waals surface area contributed by atoms with E-state index in [-0.39, 0.29) is 42.3 Å². The van der Waals surface area contributed by atoms with Crippen LogP contribution >= 0.6 is 0 Å². The Labute approximate surface area is 199 Å².